The maximum Gasteiger partial charge on any atom is 0.163 e. The molecule has 0 saturated carbocycles. The molecule has 15 heavy (non-hydrogen) atoms. The van der Waals surface area contributed by atoms with Crippen LogP contribution in [0, 0.1) is 11.3 Å². The highest BCUT2D eigenvalue weighted by molar-refractivity contribution is 5.53. The summed E-state index contributed by atoms with van der Waals surface area (Å²) in [5, 5.41) is 11.9. The molecule has 0 atom stereocenters. The number of furan rings is 1. The van der Waals surface area contributed by atoms with Crippen molar-refractivity contribution in [2.24, 2.45) is 0 Å². The molecule has 74 valence electrons. The number of hydrogen-bond acceptors (Lipinski definition) is 4. The third-order valence-electron chi connectivity index (χ3n) is 1.95. The van der Waals surface area contributed by atoms with E-state index in [2.05, 4.69) is 10.3 Å². The quantitative estimate of drug-likeness (QED) is 0.822. The lowest BCUT2D eigenvalue weighted by Gasteiger charge is -2.04. The van der Waals surface area contributed by atoms with Crippen molar-refractivity contribution in [3.63, 3.8) is 0 Å². The van der Waals surface area contributed by atoms with Crippen molar-refractivity contribution in [2.75, 3.05) is 5.32 Å². The molecule has 4 heteroatoms. The molecule has 2 aromatic heterocycles. The first-order valence-electron chi connectivity index (χ1n) is 4.51. The van der Waals surface area contributed by atoms with Gasteiger partial charge in [0.25, 0.3) is 0 Å². The Bertz CT molecular complexity index is 471. The van der Waals surface area contributed by atoms with E-state index in [1.54, 1.807) is 18.5 Å². The molecular weight excluding hydrogens is 190 g/mol. The first-order chi connectivity index (χ1) is 7.40. The smallest absolute Gasteiger partial charge is 0.163 e. The normalized spacial score (nSPS) is 9.53. The fourth-order valence-corrected chi connectivity index (χ4v) is 1.23. The summed E-state index contributed by atoms with van der Waals surface area (Å²) < 4.78 is 5.16. The van der Waals surface area contributed by atoms with E-state index in [0.717, 1.165) is 11.4 Å². The van der Waals surface area contributed by atoms with Gasteiger partial charge in [-0.1, -0.05) is 0 Å². The third kappa shape index (κ3) is 2.15. The van der Waals surface area contributed by atoms with E-state index < -0.39 is 0 Å². The lowest BCUT2D eigenvalue weighted by atomic mass is 10.3. The maximum absolute atomic E-state index is 8.80. The Morgan fingerprint density at radius 1 is 1.40 bits per heavy atom. The molecule has 2 rings (SSSR count). The summed E-state index contributed by atoms with van der Waals surface area (Å²) in [6.07, 6.45) is 3.21. The van der Waals surface area contributed by atoms with Gasteiger partial charge in [-0.05, 0) is 24.3 Å². The van der Waals surface area contributed by atoms with E-state index in [0.29, 0.717) is 12.2 Å². The SMILES string of the molecule is N#Cc1ncccc1NCc1ccco1. The minimum atomic E-state index is 0.393. The molecule has 1 N–H and O–H groups in total. The molecule has 4 nitrogen and oxygen atoms in total. The van der Waals surface area contributed by atoms with Gasteiger partial charge in [0.2, 0.25) is 0 Å². The first-order valence-corrected chi connectivity index (χ1v) is 4.51. The molecule has 2 heterocycles. The Balaban J connectivity index is 2.08. The number of pyridine rings is 1. The summed E-state index contributed by atoms with van der Waals surface area (Å²) in [5.41, 5.74) is 1.11. The van der Waals surface area contributed by atoms with Crippen molar-refractivity contribution in [1.82, 2.24) is 4.98 Å². The highest BCUT2D eigenvalue weighted by atomic mass is 16.3. The molecule has 2 aromatic rings. The summed E-state index contributed by atoms with van der Waals surface area (Å²) in [5.74, 6) is 0.822. The van der Waals surface area contributed by atoms with E-state index in [1.165, 1.54) is 0 Å². The van der Waals surface area contributed by atoms with Gasteiger partial charge < -0.3 is 9.73 Å². The van der Waals surface area contributed by atoms with Crippen LogP contribution in [0.25, 0.3) is 0 Å². The van der Waals surface area contributed by atoms with Gasteiger partial charge in [0.15, 0.2) is 5.69 Å². The molecule has 0 aromatic carbocycles. The third-order valence-corrected chi connectivity index (χ3v) is 1.95. The largest absolute Gasteiger partial charge is 0.467 e. The van der Waals surface area contributed by atoms with Crippen LogP contribution in [-0.2, 0) is 6.54 Å². The minimum absolute atomic E-state index is 0.393. The second kappa shape index (κ2) is 4.29. The first kappa shape index (κ1) is 9.28. The van der Waals surface area contributed by atoms with Crippen LogP contribution in [0.4, 0.5) is 5.69 Å². The Kier molecular flexibility index (Phi) is 2.65. The van der Waals surface area contributed by atoms with Gasteiger partial charge in [-0.25, -0.2) is 4.98 Å². The Morgan fingerprint density at radius 2 is 2.33 bits per heavy atom. The fourth-order valence-electron chi connectivity index (χ4n) is 1.23. The molecule has 0 radical (unpaired) electrons. The summed E-state index contributed by atoms with van der Waals surface area (Å²) in [4.78, 5) is 3.94. The van der Waals surface area contributed by atoms with Crippen LogP contribution in [0.1, 0.15) is 11.5 Å². The van der Waals surface area contributed by atoms with Crippen LogP contribution in [0.15, 0.2) is 41.1 Å². The molecule has 0 fully saturated rings. The van der Waals surface area contributed by atoms with E-state index in [1.807, 2.05) is 24.3 Å². The number of hydrogen-bond donors (Lipinski definition) is 1. The fraction of sp³-hybridized carbons (Fsp3) is 0.0909. The van der Waals surface area contributed by atoms with E-state index in [-0.39, 0.29) is 0 Å². The topological polar surface area (TPSA) is 61.9 Å². The Labute approximate surface area is 87.2 Å². The lowest BCUT2D eigenvalue weighted by Crippen LogP contribution is -2.01. The molecule has 0 aliphatic carbocycles. The van der Waals surface area contributed by atoms with Gasteiger partial charge in [-0.3, -0.25) is 0 Å². The van der Waals surface area contributed by atoms with Gasteiger partial charge >= 0.3 is 0 Å². The predicted molar refractivity (Wildman–Crippen MR) is 55.0 cm³/mol. The minimum Gasteiger partial charge on any atom is -0.467 e. The van der Waals surface area contributed by atoms with Crippen molar-refractivity contribution in [3.05, 3.63) is 48.2 Å². The van der Waals surface area contributed by atoms with E-state index in [9.17, 15) is 0 Å². The van der Waals surface area contributed by atoms with Crippen molar-refractivity contribution in [1.29, 1.82) is 5.26 Å². The van der Waals surface area contributed by atoms with Crippen molar-refractivity contribution in [2.45, 2.75) is 6.54 Å². The molecule has 0 aliphatic rings. The average molecular weight is 199 g/mol. The molecule has 0 bridgehead atoms. The zero-order chi connectivity index (χ0) is 10.5. The molecule has 0 spiro atoms. The van der Waals surface area contributed by atoms with Gasteiger partial charge in [0, 0.05) is 6.20 Å². The summed E-state index contributed by atoms with van der Waals surface area (Å²) in [6.45, 7) is 0.549. The van der Waals surface area contributed by atoms with Crippen molar-refractivity contribution < 1.29 is 4.42 Å². The Morgan fingerprint density at radius 3 is 3.07 bits per heavy atom. The highest BCUT2D eigenvalue weighted by Crippen LogP contribution is 2.12. The maximum atomic E-state index is 8.80. The average Bonchev–Trinajstić information content (AvgIpc) is 2.79. The number of nitrogens with one attached hydrogen (secondary N) is 1. The van der Waals surface area contributed by atoms with Crippen molar-refractivity contribution >= 4 is 5.69 Å². The zero-order valence-electron chi connectivity index (χ0n) is 7.97. The number of anilines is 1. The van der Waals surface area contributed by atoms with E-state index in [4.69, 9.17) is 9.68 Å². The summed E-state index contributed by atoms with van der Waals surface area (Å²) >= 11 is 0. The molecule has 0 amide bonds. The van der Waals surface area contributed by atoms with E-state index >= 15 is 0 Å². The van der Waals surface area contributed by atoms with Crippen LogP contribution >= 0.6 is 0 Å². The van der Waals surface area contributed by atoms with Gasteiger partial charge in [-0.15, -0.1) is 0 Å². The predicted octanol–water partition coefficient (Wildman–Crippen LogP) is 2.16. The second-order valence-corrected chi connectivity index (χ2v) is 2.94. The molecular formula is C11H9N3O. The van der Waals surface area contributed by atoms with Crippen LogP contribution in [0.3, 0.4) is 0 Å². The van der Waals surface area contributed by atoms with Gasteiger partial charge in [-0.2, -0.15) is 5.26 Å². The van der Waals surface area contributed by atoms with Crippen LogP contribution in [0.5, 0.6) is 0 Å². The number of nitriles is 1. The van der Waals surface area contributed by atoms with Gasteiger partial charge in [0.1, 0.15) is 11.8 Å². The van der Waals surface area contributed by atoms with Gasteiger partial charge in [0.05, 0.1) is 18.5 Å². The molecule has 0 saturated heterocycles. The van der Waals surface area contributed by atoms with Crippen molar-refractivity contribution in [3.8, 4) is 6.07 Å². The standard InChI is InChI=1S/C11H9N3O/c12-7-11-10(4-1-5-13-11)14-8-9-3-2-6-15-9/h1-6,14H,8H2. The number of rotatable bonds is 3. The number of aromatic nitrogens is 1. The zero-order valence-corrected chi connectivity index (χ0v) is 7.97. The molecule has 0 unspecified atom stereocenters. The molecule has 0 aliphatic heterocycles. The monoisotopic (exact) mass is 199 g/mol. The van der Waals surface area contributed by atoms with Crippen LogP contribution in [0.2, 0.25) is 0 Å². The van der Waals surface area contributed by atoms with Crippen LogP contribution in [-0.4, -0.2) is 4.98 Å². The number of nitrogens with zero attached hydrogens (tertiary/aromatic N) is 2. The van der Waals surface area contributed by atoms with Crippen LogP contribution < -0.4 is 5.32 Å². The summed E-state index contributed by atoms with van der Waals surface area (Å²) in [6, 6.07) is 9.31. The Hall–Kier alpha value is -2.28. The summed E-state index contributed by atoms with van der Waals surface area (Å²) in [7, 11) is 0. The lowest BCUT2D eigenvalue weighted by molar-refractivity contribution is 0.518. The highest BCUT2D eigenvalue weighted by Gasteiger charge is 2.01. The second-order valence-electron chi connectivity index (χ2n) is 2.94.